The molecule has 0 fully saturated rings. The maximum absolute atomic E-state index is 13.9. The van der Waals surface area contributed by atoms with Gasteiger partial charge in [-0.2, -0.15) is 0 Å². The van der Waals surface area contributed by atoms with Gasteiger partial charge in [-0.25, -0.2) is 9.18 Å². The van der Waals surface area contributed by atoms with E-state index in [1.165, 1.54) is 17.2 Å². The normalized spacial score (nSPS) is 10.3. The van der Waals surface area contributed by atoms with Crippen LogP contribution in [0, 0.1) is 5.82 Å². The number of benzene rings is 2. The van der Waals surface area contributed by atoms with Crippen molar-refractivity contribution in [3.05, 3.63) is 72.7 Å². The van der Waals surface area contributed by atoms with Crippen LogP contribution in [0.3, 0.4) is 0 Å². The van der Waals surface area contributed by atoms with Gasteiger partial charge in [-0.05, 0) is 30.3 Å². The van der Waals surface area contributed by atoms with Gasteiger partial charge in [0.25, 0.3) is 0 Å². The van der Waals surface area contributed by atoms with E-state index in [0.29, 0.717) is 16.9 Å². The Hall–Kier alpha value is -3.15. The van der Waals surface area contributed by atoms with E-state index in [-0.39, 0.29) is 0 Å². The summed E-state index contributed by atoms with van der Waals surface area (Å²) in [5, 5.41) is 3.93. The second kappa shape index (κ2) is 6.31. The fourth-order valence-corrected chi connectivity index (χ4v) is 2.12. The van der Waals surface area contributed by atoms with E-state index in [0.717, 1.165) is 4.85 Å². The molecule has 0 radical (unpaired) electrons. The van der Waals surface area contributed by atoms with E-state index in [4.69, 9.17) is 4.84 Å². The number of hydrogen-bond acceptors (Lipinski definition) is 3. The third kappa shape index (κ3) is 3.06. The highest BCUT2D eigenvalue weighted by Gasteiger charge is 2.17. The summed E-state index contributed by atoms with van der Waals surface area (Å²) in [6.45, 7) is 0. The number of rotatable bonds is 3. The minimum Gasteiger partial charge on any atom is -0.298 e. The van der Waals surface area contributed by atoms with E-state index in [1.54, 1.807) is 43.4 Å². The molecule has 1 heterocycles. The number of para-hydroxylation sites is 1. The number of amides is 1. The summed E-state index contributed by atoms with van der Waals surface area (Å²) in [4.78, 5) is 19.8. The molecule has 0 saturated heterocycles. The molecule has 0 atom stereocenters. The van der Waals surface area contributed by atoms with Crippen molar-refractivity contribution >= 4 is 11.8 Å². The molecule has 0 unspecified atom stereocenters. The van der Waals surface area contributed by atoms with Crippen LogP contribution in [0.15, 0.2) is 66.9 Å². The van der Waals surface area contributed by atoms with Crippen LogP contribution in [0.4, 0.5) is 14.9 Å². The van der Waals surface area contributed by atoms with Crippen LogP contribution < -0.4 is 9.74 Å². The summed E-state index contributed by atoms with van der Waals surface area (Å²) in [6, 6.07) is 16.9. The van der Waals surface area contributed by atoms with Crippen molar-refractivity contribution in [2.75, 3.05) is 11.9 Å². The Kier molecular flexibility index (Phi) is 4.05. The van der Waals surface area contributed by atoms with E-state index in [1.807, 2.05) is 18.2 Å². The molecule has 116 valence electrons. The van der Waals surface area contributed by atoms with Gasteiger partial charge in [-0.3, -0.25) is 9.74 Å². The first-order valence-corrected chi connectivity index (χ1v) is 6.97. The number of hydrogen-bond donors (Lipinski definition) is 0. The zero-order valence-electron chi connectivity index (χ0n) is 12.4. The third-order valence-corrected chi connectivity index (χ3v) is 3.34. The first-order valence-electron chi connectivity index (χ1n) is 6.97. The number of anilines is 1. The Balaban J connectivity index is 1.83. The van der Waals surface area contributed by atoms with Gasteiger partial charge in [0, 0.05) is 18.3 Å². The van der Waals surface area contributed by atoms with Crippen LogP contribution in [0.5, 0.6) is 0 Å². The Bertz CT molecular complexity index is 817. The highest BCUT2D eigenvalue weighted by Crippen LogP contribution is 2.21. The molecule has 0 spiro atoms. The summed E-state index contributed by atoms with van der Waals surface area (Å²) >= 11 is 0. The maximum atomic E-state index is 13.9. The number of halogens is 1. The zero-order chi connectivity index (χ0) is 16.2. The second-order valence-corrected chi connectivity index (χ2v) is 4.82. The van der Waals surface area contributed by atoms with E-state index in [9.17, 15) is 9.18 Å². The molecular weight excluding hydrogens is 297 g/mol. The predicted molar refractivity (Wildman–Crippen MR) is 84.4 cm³/mol. The maximum Gasteiger partial charge on any atom is 0.440 e. The van der Waals surface area contributed by atoms with Crippen LogP contribution >= 0.6 is 0 Å². The van der Waals surface area contributed by atoms with Gasteiger partial charge in [-0.1, -0.05) is 35.2 Å². The van der Waals surface area contributed by atoms with E-state index in [2.05, 4.69) is 5.10 Å². The molecular formula is C17H14FN3O2. The fourth-order valence-electron chi connectivity index (χ4n) is 2.12. The summed E-state index contributed by atoms with van der Waals surface area (Å²) < 4.78 is 13.9. The molecule has 3 rings (SSSR count). The smallest absolute Gasteiger partial charge is 0.298 e. The minimum absolute atomic E-state index is 0.306. The molecule has 0 aliphatic heterocycles. The zero-order valence-corrected chi connectivity index (χ0v) is 12.4. The van der Waals surface area contributed by atoms with Gasteiger partial charge >= 0.3 is 6.09 Å². The Morgan fingerprint density at radius 3 is 2.52 bits per heavy atom. The molecule has 0 N–H and O–H groups in total. The first kappa shape index (κ1) is 14.8. The lowest BCUT2D eigenvalue weighted by atomic mass is 10.1. The highest BCUT2D eigenvalue weighted by molar-refractivity contribution is 5.87. The van der Waals surface area contributed by atoms with Crippen molar-refractivity contribution in [1.29, 1.82) is 0 Å². The van der Waals surface area contributed by atoms with Gasteiger partial charge < -0.3 is 0 Å². The molecule has 5 nitrogen and oxygen atoms in total. The largest absolute Gasteiger partial charge is 0.440 e. The van der Waals surface area contributed by atoms with Crippen molar-refractivity contribution in [2.45, 2.75) is 0 Å². The quantitative estimate of drug-likeness (QED) is 0.745. The number of nitrogens with zero attached hydrogens (tertiary/aromatic N) is 3. The molecule has 0 saturated carbocycles. The summed E-state index contributed by atoms with van der Waals surface area (Å²) in [7, 11) is 1.59. The number of carbonyl (C=O) groups is 1. The van der Waals surface area contributed by atoms with Gasteiger partial charge in [0.05, 0.1) is 6.20 Å². The average molecular weight is 311 g/mol. The van der Waals surface area contributed by atoms with Crippen molar-refractivity contribution in [3.63, 3.8) is 0 Å². The molecule has 1 amide bonds. The first-order chi connectivity index (χ1) is 11.2. The molecule has 0 aliphatic rings. The topological polar surface area (TPSA) is 47.4 Å². The van der Waals surface area contributed by atoms with Gasteiger partial charge in [0.1, 0.15) is 11.5 Å². The molecule has 6 heteroatoms. The summed E-state index contributed by atoms with van der Waals surface area (Å²) in [5.74, 6) is -0.415. The van der Waals surface area contributed by atoms with E-state index >= 15 is 0 Å². The van der Waals surface area contributed by atoms with Crippen LogP contribution in [0.2, 0.25) is 0 Å². The lowest BCUT2D eigenvalue weighted by Gasteiger charge is -2.17. The van der Waals surface area contributed by atoms with Crippen molar-refractivity contribution < 1.29 is 14.0 Å². The third-order valence-electron chi connectivity index (χ3n) is 3.34. The van der Waals surface area contributed by atoms with Gasteiger partial charge in [-0.15, -0.1) is 5.10 Å². The molecule has 2 aromatic carbocycles. The van der Waals surface area contributed by atoms with Crippen molar-refractivity contribution in [3.8, 4) is 11.3 Å². The number of carbonyl (C=O) groups excluding carboxylic acids is 1. The average Bonchev–Trinajstić information content (AvgIpc) is 3.03. The predicted octanol–water partition coefficient (Wildman–Crippen LogP) is 3.37. The Morgan fingerprint density at radius 1 is 1.09 bits per heavy atom. The molecule has 23 heavy (non-hydrogen) atoms. The molecule has 0 aliphatic carbocycles. The fraction of sp³-hybridized carbons (Fsp3) is 0.0588. The van der Waals surface area contributed by atoms with Gasteiger partial charge in [0.15, 0.2) is 0 Å². The summed E-state index contributed by atoms with van der Waals surface area (Å²) in [6.07, 6.45) is 0.815. The number of aromatic nitrogens is 2. The van der Waals surface area contributed by atoms with Gasteiger partial charge in [0.2, 0.25) is 0 Å². The highest BCUT2D eigenvalue weighted by atomic mass is 19.1. The van der Waals surface area contributed by atoms with Crippen molar-refractivity contribution in [1.82, 2.24) is 9.94 Å². The molecule has 1 aromatic heterocycles. The van der Waals surface area contributed by atoms with Crippen LogP contribution in [-0.2, 0) is 0 Å². The second-order valence-electron chi connectivity index (χ2n) is 4.82. The van der Waals surface area contributed by atoms with Crippen LogP contribution in [0.25, 0.3) is 11.3 Å². The van der Waals surface area contributed by atoms with Crippen LogP contribution in [-0.4, -0.2) is 23.1 Å². The monoisotopic (exact) mass is 311 g/mol. The standard InChI is InChI=1S/C17H14FN3O2/c1-20(13-7-3-2-4-8-13)17(22)23-21-16(11-12-19-21)14-9-5-6-10-15(14)18/h2-12H,1H3. The summed E-state index contributed by atoms with van der Waals surface area (Å²) in [5.41, 5.74) is 1.34. The van der Waals surface area contributed by atoms with Crippen LogP contribution in [0.1, 0.15) is 0 Å². The minimum atomic E-state index is -0.627. The van der Waals surface area contributed by atoms with Crippen molar-refractivity contribution in [2.24, 2.45) is 0 Å². The molecule has 0 bridgehead atoms. The Labute approximate surface area is 132 Å². The lowest BCUT2D eigenvalue weighted by Crippen LogP contribution is -2.34. The lowest BCUT2D eigenvalue weighted by molar-refractivity contribution is 0.126. The molecule has 3 aromatic rings. The SMILES string of the molecule is CN(C(=O)On1nccc1-c1ccccc1F)c1ccccc1. The Morgan fingerprint density at radius 2 is 1.78 bits per heavy atom. The van der Waals surface area contributed by atoms with E-state index < -0.39 is 11.9 Å².